The lowest BCUT2D eigenvalue weighted by atomic mass is 9.87. The van der Waals surface area contributed by atoms with E-state index >= 15 is 0 Å². The fourth-order valence-electron chi connectivity index (χ4n) is 2.36. The van der Waals surface area contributed by atoms with E-state index < -0.39 is 0 Å². The summed E-state index contributed by atoms with van der Waals surface area (Å²) in [6, 6.07) is 12.9. The van der Waals surface area contributed by atoms with Gasteiger partial charge < -0.3 is 0 Å². The predicted molar refractivity (Wildman–Crippen MR) is 74.2 cm³/mol. The van der Waals surface area contributed by atoms with Crippen molar-refractivity contribution in [1.82, 2.24) is 0 Å². The van der Waals surface area contributed by atoms with Crippen molar-refractivity contribution in [3.05, 3.63) is 42.0 Å². The fourth-order valence-corrected chi connectivity index (χ4v) is 2.36. The van der Waals surface area contributed by atoms with Gasteiger partial charge >= 0.3 is 0 Å². The maximum Gasteiger partial charge on any atom is 0.0743 e. The van der Waals surface area contributed by atoms with E-state index in [0.717, 1.165) is 6.42 Å². The van der Waals surface area contributed by atoms with Crippen LogP contribution >= 0.6 is 0 Å². The molecule has 1 nitrogen and oxygen atoms in total. The second-order valence-electron chi connectivity index (χ2n) is 5.78. The van der Waals surface area contributed by atoms with E-state index in [0.29, 0.717) is 0 Å². The zero-order chi connectivity index (χ0) is 12.0. The van der Waals surface area contributed by atoms with Gasteiger partial charge in [0, 0.05) is 22.9 Å². The summed E-state index contributed by atoms with van der Waals surface area (Å²) in [7, 11) is 0. The molecule has 0 atom stereocenters. The van der Waals surface area contributed by atoms with E-state index in [2.05, 4.69) is 57.2 Å². The summed E-state index contributed by atoms with van der Waals surface area (Å²) in [5, 5.41) is 2.56. The van der Waals surface area contributed by atoms with Gasteiger partial charge in [0.2, 0.25) is 0 Å². The van der Waals surface area contributed by atoms with Gasteiger partial charge in [-0.25, -0.2) is 0 Å². The number of benzene rings is 2. The van der Waals surface area contributed by atoms with Crippen LogP contribution in [0, 0.1) is 5.41 Å². The highest BCUT2D eigenvalue weighted by molar-refractivity contribution is 6.05. The summed E-state index contributed by atoms with van der Waals surface area (Å²) in [6.07, 6.45) is 1.00. The lowest BCUT2D eigenvalue weighted by Gasteiger charge is -2.17. The zero-order valence-corrected chi connectivity index (χ0v) is 10.6. The number of hydrogen-bond acceptors (Lipinski definition) is 1. The van der Waals surface area contributed by atoms with Gasteiger partial charge in [0.25, 0.3) is 0 Å². The first kappa shape index (κ1) is 10.5. The second-order valence-corrected chi connectivity index (χ2v) is 5.78. The van der Waals surface area contributed by atoms with E-state index in [1.165, 1.54) is 27.7 Å². The molecule has 1 heteroatoms. The molecule has 0 aliphatic carbocycles. The van der Waals surface area contributed by atoms with Crippen molar-refractivity contribution in [2.75, 3.05) is 0 Å². The average Bonchev–Trinajstić information content (AvgIpc) is 2.72. The summed E-state index contributed by atoms with van der Waals surface area (Å²) in [4.78, 5) is 4.87. The number of fused-ring (bicyclic) bond motifs is 3. The first-order valence-electron chi connectivity index (χ1n) is 6.14. The molecule has 1 aliphatic rings. The van der Waals surface area contributed by atoms with E-state index in [1.54, 1.807) is 0 Å². The van der Waals surface area contributed by atoms with Crippen LogP contribution in [0.25, 0.3) is 10.8 Å². The Morgan fingerprint density at radius 1 is 1.00 bits per heavy atom. The van der Waals surface area contributed by atoms with Crippen molar-refractivity contribution in [2.24, 2.45) is 10.4 Å². The van der Waals surface area contributed by atoms with Crippen molar-refractivity contribution in [3.8, 4) is 0 Å². The van der Waals surface area contributed by atoms with Gasteiger partial charge in [-0.2, -0.15) is 0 Å². The fraction of sp³-hybridized carbons (Fsp3) is 0.312. The minimum atomic E-state index is 0.167. The molecule has 0 fully saturated rings. The van der Waals surface area contributed by atoms with E-state index in [1.807, 2.05) is 0 Å². The Hall–Kier alpha value is -1.63. The lowest BCUT2D eigenvalue weighted by molar-refractivity contribution is 0.584. The topological polar surface area (TPSA) is 12.4 Å². The van der Waals surface area contributed by atoms with Gasteiger partial charge in [0.1, 0.15) is 0 Å². The van der Waals surface area contributed by atoms with Crippen molar-refractivity contribution in [1.29, 1.82) is 0 Å². The second kappa shape index (κ2) is 3.43. The molecule has 0 aromatic heterocycles. The van der Waals surface area contributed by atoms with Crippen LogP contribution in [0.15, 0.2) is 41.4 Å². The Morgan fingerprint density at radius 3 is 2.53 bits per heavy atom. The van der Waals surface area contributed by atoms with Crippen molar-refractivity contribution >= 4 is 22.2 Å². The molecule has 0 amide bonds. The molecule has 2 aromatic carbocycles. The Balaban J connectivity index is 2.23. The summed E-state index contributed by atoms with van der Waals surface area (Å²) < 4.78 is 0. The van der Waals surface area contributed by atoms with Crippen LogP contribution in [0.2, 0.25) is 0 Å². The molecule has 17 heavy (non-hydrogen) atoms. The predicted octanol–water partition coefficient (Wildman–Crippen LogP) is 4.51. The highest BCUT2D eigenvalue weighted by atomic mass is 14.8. The molecule has 0 saturated carbocycles. The molecule has 0 saturated heterocycles. The summed E-state index contributed by atoms with van der Waals surface area (Å²) in [6.45, 7) is 6.71. The van der Waals surface area contributed by atoms with Crippen molar-refractivity contribution in [2.45, 2.75) is 27.2 Å². The average molecular weight is 223 g/mol. The van der Waals surface area contributed by atoms with Crippen molar-refractivity contribution < 1.29 is 0 Å². The van der Waals surface area contributed by atoms with Crippen LogP contribution in [-0.4, -0.2) is 5.71 Å². The number of aliphatic imine (C=N–C) groups is 1. The van der Waals surface area contributed by atoms with Gasteiger partial charge in [-0.15, -0.1) is 0 Å². The molecule has 0 bridgehead atoms. The zero-order valence-electron chi connectivity index (χ0n) is 10.6. The number of rotatable bonds is 0. The minimum absolute atomic E-state index is 0.167. The normalized spacial score (nSPS) is 14.9. The SMILES string of the molecule is CC(C)(C)C1=Nc2c(ccc3ccccc23)C1. The first-order valence-corrected chi connectivity index (χ1v) is 6.14. The van der Waals surface area contributed by atoms with Gasteiger partial charge in [-0.05, 0) is 10.9 Å². The number of nitrogens with zero attached hydrogens (tertiary/aromatic N) is 1. The van der Waals surface area contributed by atoms with E-state index in [9.17, 15) is 0 Å². The van der Waals surface area contributed by atoms with Gasteiger partial charge in [-0.1, -0.05) is 57.2 Å². The third kappa shape index (κ3) is 1.66. The molecular formula is C16H17N. The first-order chi connectivity index (χ1) is 8.05. The summed E-state index contributed by atoms with van der Waals surface area (Å²) in [5.41, 5.74) is 4.02. The maximum atomic E-state index is 4.87. The van der Waals surface area contributed by atoms with Crippen LogP contribution in [0.1, 0.15) is 26.3 Å². The highest BCUT2D eigenvalue weighted by Gasteiger charge is 2.25. The Morgan fingerprint density at radius 2 is 1.76 bits per heavy atom. The van der Waals surface area contributed by atoms with Crippen LogP contribution in [0.5, 0.6) is 0 Å². The summed E-state index contributed by atoms with van der Waals surface area (Å²) >= 11 is 0. The van der Waals surface area contributed by atoms with Gasteiger partial charge in [0.15, 0.2) is 0 Å². The van der Waals surface area contributed by atoms with Crippen LogP contribution in [-0.2, 0) is 6.42 Å². The molecule has 2 aromatic rings. The third-order valence-electron chi connectivity index (χ3n) is 3.45. The maximum absolute atomic E-state index is 4.87. The van der Waals surface area contributed by atoms with Crippen LogP contribution in [0.3, 0.4) is 0 Å². The minimum Gasteiger partial charge on any atom is -0.256 e. The van der Waals surface area contributed by atoms with Crippen LogP contribution in [0.4, 0.5) is 5.69 Å². The van der Waals surface area contributed by atoms with E-state index in [-0.39, 0.29) is 5.41 Å². The van der Waals surface area contributed by atoms with Crippen molar-refractivity contribution in [3.63, 3.8) is 0 Å². The smallest absolute Gasteiger partial charge is 0.0743 e. The Labute approximate surface area is 102 Å². The summed E-state index contributed by atoms with van der Waals surface area (Å²) in [5.74, 6) is 0. The Bertz CT molecular complexity index is 615. The van der Waals surface area contributed by atoms with Gasteiger partial charge in [-0.3, -0.25) is 4.99 Å². The number of hydrogen-bond donors (Lipinski definition) is 0. The molecule has 0 N–H and O–H groups in total. The highest BCUT2D eigenvalue weighted by Crippen LogP contribution is 2.38. The molecule has 3 rings (SSSR count). The van der Waals surface area contributed by atoms with E-state index in [4.69, 9.17) is 4.99 Å². The van der Waals surface area contributed by atoms with Crippen LogP contribution < -0.4 is 0 Å². The quantitative estimate of drug-likeness (QED) is 0.623. The van der Waals surface area contributed by atoms with Gasteiger partial charge in [0.05, 0.1) is 5.69 Å². The monoisotopic (exact) mass is 223 g/mol. The Kier molecular flexibility index (Phi) is 2.12. The standard InChI is InChI=1S/C16H17N/c1-16(2,3)14-10-12-9-8-11-6-4-5-7-13(11)15(12)17-14/h4-9H,10H2,1-3H3. The molecular weight excluding hydrogens is 206 g/mol. The molecule has 1 heterocycles. The largest absolute Gasteiger partial charge is 0.256 e. The molecule has 0 radical (unpaired) electrons. The molecule has 86 valence electrons. The molecule has 0 spiro atoms. The third-order valence-corrected chi connectivity index (χ3v) is 3.45. The molecule has 1 aliphatic heterocycles. The lowest BCUT2D eigenvalue weighted by Crippen LogP contribution is -2.19. The molecule has 0 unspecified atom stereocenters.